The summed E-state index contributed by atoms with van der Waals surface area (Å²) in [6.45, 7) is 3.44. The molecular weight excluding hydrogens is 330 g/mol. The van der Waals surface area contributed by atoms with Crippen molar-refractivity contribution in [1.29, 1.82) is 0 Å². The molecule has 0 aliphatic heterocycles. The zero-order chi connectivity index (χ0) is 18.2. The van der Waals surface area contributed by atoms with E-state index in [0.29, 0.717) is 31.3 Å². The molecule has 0 saturated carbocycles. The highest BCUT2D eigenvalue weighted by atomic mass is 16.6. The first-order valence-corrected chi connectivity index (χ1v) is 7.51. The van der Waals surface area contributed by atoms with Crippen LogP contribution in [0.1, 0.15) is 6.92 Å². The fraction of sp³-hybridized carbons (Fsp3) is 0.250. The maximum Gasteiger partial charge on any atom is 0.299 e. The lowest BCUT2D eigenvalue weighted by Gasteiger charge is -2.09. The van der Waals surface area contributed by atoms with Crippen molar-refractivity contribution in [2.24, 2.45) is 0 Å². The van der Waals surface area contributed by atoms with Crippen LogP contribution in [0, 0.1) is 20.2 Å². The smallest absolute Gasteiger partial charge is 0.299 e. The maximum atomic E-state index is 11.1. The highest BCUT2D eigenvalue weighted by Gasteiger charge is 2.19. The average Bonchev–Trinajstić information content (AvgIpc) is 2.60. The molecule has 0 bridgehead atoms. The van der Waals surface area contributed by atoms with Crippen LogP contribution >= 0.6 is 0 Å². The third kappa shape index (κ3) is 5.15. The maximum absolute atomic E-state index is 11.1. The van der Waals surface area contributed by atoms with Gasteiger partial charge in [-0.3, -0.25) is 20.2 Å². The quantitative estimate of drug-likeness (QED) is 0.418. The standard InChI is InChI=1S/C16H17N3O6/c1-2-24-9-10-25-14-6-3-12(4-7-14)17-15-8-5-13(18(20)21)11-16(15)19(22)23/h3-8,11,17H,2,9-10H2,1H3. The molecule has 132 valence electrons. The molecule has 2 aromatic carbocycles. The van der Waals surface area contributed by atoms with Crippen LogP contribution in [0.3, 0.4) is 0 Å². The van der Waals surface area contributed by atoms with Gasteiger partial charge in [-0.2, -0.15) is 0 Å². The average molecular weight is 347 g/mol. The Morgan fingerprint density at radius 3 is 2.32 bits per heavy atom. The van der Waals surface area contributed by atoms with E-state index in [0.717, 1.165) is 6.07 Å². The van der Waals surface area contributed by atoms with E-state index in [1.54, 1.807) is 24.3 Å². The van der Waals surface area contributed by atoms with Gasteiger partial charge in [-0.1, -0.05) is 0 Å². The number of anilines is 2. The molecule has 0 unspecified atom stereocenters. The minimum atomic E-state index is -0.675. The zero-order valence-corrected chi connectivity index (χ0v) is 13.5. The first-order valence-electron chi connectivity index (χ1n) is 7.51. The molecule has 0 saturated heterocycles. The molecule has 0 radical (unpaired) electrons. The molecule has 0 aliphatic rings. The molecule has 2 rings (SSSR count). The number of nitrogens with zero attached hydrogens (tertiary/aromatic N) is 2. The number of nitrogens with one attached hydrogen (secondary N) is 1. The first kappa shape index (κ1) is 18.1. The van der Waals surface area contributed by atoms with Gasteiger partial charge in [-0.25, -0.2) is 0 Å². The number of hydrogen-bond acceptors (Lipinski definition) is 7. The van der Waals surface area contributed by atoms with Crippen molar-refractivity contribution in [3.8, 4) is 5.75 Å². The topological polar surface area (TPSA) is 117 Å². The van der Waals surface area contributed by atoms with E-state index in [1.165, 1.54) is 12.1 Å². The highest BCUT2D eigenvalue weighted by Crippen LogP contribution is 2.31. The Morgan fingerprint density at radius 1 is 1.00 bits per heavy atom. The molecule has 0 spiro atoms. The minimum Gasteiger partial charge on any atom is -0.491 e. The van der Waals surface area contributed by atoms with E-state index < -0.39 is 9.85 Å². The van der Waals surface area contributed by atoms with Gasteiger partial charge < -0.3 is 14.8 Å². The Morgan fingerprint density at radius 2 is 1.72 bits per heavy atom. The number of benzene rings is 2. The lowest BCUT2D eigenvalue weighted by atomic mass is 10.2. The van der Waals surface area contributed by atoms with E-state index in [-0.39, 0.29) is 17.1 Å². The van der Waals surface area contributed by atoms with Crippen LogP contribution in [-0.4, -0.2) is 29.7 Å². The third-order valence-corrected chi connectivity index (χ3v) is 3.22. The van der Waals surface area contributed by atoms with E-state index in [9.17, 15) is 20.2 Å². The monoisotopic (exact) mass is 347 g/mol. The second-order valence-corrected chi connectivity index (χ2v) is 4.91. The van der Waals surface area contributed by atoms with Gasteiger partial charge in [-0.05, 0) is 37.3 Å². The molecule has 9 heteroatoms. The van der Waals surface area contributed by atoms with Crippen LogP contribution in [0.15, 0.2) is 42.5 Å². The van der Waals surface area contributed by atoms with Gasteiger partial charge in [0.1, 0.15) is 18.0 Å². The summed E-state index contributed by atoms with van der Waals surface area (Å²) in [6, 6.07) is 10.3. The molecule has 1 N–H and O–H groups in total. The normalized spacial score (nSPS) is 10.3. The Bertz CT molecular complexity index is 748. The van der Waals surface area contributed by atoms with Crippen molar-refractivity contribution in [2.75, 3.05) is 25.1 Å². The number of hydrogen-bond donors (Lipinski definition) is 1. The molecular formula is C16H17N3O6. The molecule has 9 nitrogen and oxygen atoms in total. The van der Waals surface area contributed by atoms with Crippen LogP contribution < -0.4 is 10.1 Å². The molecule has 0 amide bonds. The molecule has 0 aliphatic carbocycles. The lowest BCUT2D eigenvalue weighted by Crippen LogP contribution is -2.06. The summed E-state index contributed by atoms with van der Waals surface area (Å²) in [5, 5.41) is 24.8. The van der Waals surface area contributed by atoms with E-state index in [1.807, 2.05) is 6.92 Å². The second kappa shape index (κ2) is 8.60. The fourth-order valence-electron chi connectivity index (χ4n) is 2.04. The second-order valence-electron chi connectivity index (χ2n) is 4.91. The van der Waals surface area contributed by atoms with Crippen LogP contribution in [0.25, 0.3) is 0 Å². The Hall–Kier alpha value is -3.20. The summed E-state index contributed by atoms with van der Waals surface area (Å²) in [5.41, 5.74) is 0.0521. The van der Waals surface area contributed by atoms with Crippen molar-refractivity contribution in [2.45, 2.75) is 6.92 Å². The Balaban J connectivity index is 2.09. The third-order valence-electron chi connectivity index (χ3n) is 3.22. The summed E-state index contributed by atoms with van der Waals surface area (Å²) in [5.74, 6) is 0.642. The first-order chi connectivity index (χ1) is 12.0. The van der Waals surface area contributed by atoms with Gasteiger partial charge in [0, 0.05) is 18.4 Å². The van der Waals surface area contributed by atoms with Crippen molar-refractivity contribution in [1.82, 2.24) is 0 Å². The number of non-ortho nitro benzene ring substituents is 1. The predicted molar refractivity (Wildman–Crippen MR) is 91.5 cm³/mol. The number of nitro benzene ring substituents is 2. The van der Waals surface area contributed by atoms with Crippen LogP contribution in [0.2, 0.25) is 0 Å². The van der Waals surface area contributed by atoms with Gasteiger partial charge >= 0.3 is 0 Å². The van der Waals surface area contributed by atoms with Gasteiger partial charge in [0.2, 0.25) is 0 Å². The summed E-state index contributed by atoms with van der Waals surface area (Å²) in [4.78, 5) is 20.5. The van der Waals surface area contributed by atoms with Crippen LogP contribution in [0.5, 0.6) is 5.75 Å². The predicted octanol–water partition coefficient (Wildman–Crippen LogP) is 3.66. The van der Waals surface area contributed by atoms with Gasteiger partial charge in [0.05, 0.1) is 22.5 Å². The van der Waals surface area contributed by atoms with Gasteiger partial charge in [-0.15, -0.1) is 0 Å². The molecule has 0 aromatic heterocycles. The Labute approximate surface area is 143 Å². The summed E-state index contributed by atoms with van der Waals surface area (Å²) >= 11 is 0. The minimum absolute atomic E-state index is 0.167. The summed E-state index contributed by atoms with van der Waals surface area (Å²) in [6.07, 6.45) is 0. The number of rotatable bonds is 9. The van der Waals surface area contributed by atoms with Gasteiger partial charge in [0.15, 0.2) is 0 Å². The number of ether oxygens (including phenoxy) is 2. The van der Waals surface area contributed by atoms with E-state index in [2.05, 4.69) is 5.32 Å². The molecule has 0 atom stereocenters. The summed E-state index contributed by atoms with van der Waals surface area (Å²) < 4.78 is 10.7. The largest absolute Gasteiger partial charge is 0.491 e. The highest BCUT2D eigenvalue weighted by molar-refractivity contribution is 5.71. The van der Waals surface area contributed by atoms with Crippen molar-refractivity contribution >= 4 is 22.7 Å². The molecule has 0 heterocycles. The summed E-state index contributed by atoms with van der Waals surface area (Å²) in [7, 11) is 0. The zero-order valence-electron chi connectivity index (χ0n) is 13.5. The van der Waals surface area contributed by atoms with Gasteiger partial charge in [0.25, 0.3) is 11.4 Å². The Kier molecular flexibility index (Phi) is 6.24. The van der Waals surface area contributed by atoms with Crippen molar-refractivity contribution in [3.05, 3.63) is 62.7 Å². The van der Waals surface area contributed by atoms with Crippen molar-refractivity contribution < 1.29 is 19.3 Å². The van der Waals surface area contributed by atoms with Crippen molar-refractivity contribution in [3.63, 3.8) is 0 Å². The molecule has 25 heavy (non-hydrogen) atoms. The molecule has 2 aromatic rings. The van der Waals surface area contributed by atoms with Crippen LogP contribution in [-0.2, 0) is 4.74 Å². The van der Waals surface area contributed by atoms with Crippen LogP contribution in [0.4, 0.5) is 22.7 Å². The van der Waals surface area contributed by atoms with E-state index >= 15 is 0 Å². The molecule has 0 fully saturated rings. The van der Waals surface area contributed by atoms with E-state index in [4.69, 9.17) is 9.47 Å². The number of nitro groups is 2. The fourth-order valence-corrected chi connectivity index (χ4v) is 2.04. The SMILES string of the molecule is CCOCCOc1ccc(Nc2ccc([N+](=O)[O-])cc2[N+](=O)[O-])cc1. The lowest BCUT2D eigenvalue weighted by molar-refractivity contribution is -0.393.